The minimum atomic E-state index is -0.473. The second-order valence-electron chi connectivity index (χ2n) is 5.07. The van der Waals surface area contributed by atoms with Crippen LogP contribution in [0, 0.1) is 25.2 Å². The van der Waals surface area contributed by atoms with Crippen LogP contribution in [-0.4, -0.2) is 5.91 Å². The molecule has 2 aromatic rings. The van der Waals surface area contributed by atoms with Crippen molar-refractivity contribution in [3.05, 3.63) is 70.4 Å². The van der Waals surface area contributed by atoms with E-state index in [4.69, 9.17) is 11.6 Å². The topological polar surface area (TPSA) is 64.9 Å². The standard InChI is InChI=1S/C18H16ClN3O/c1-12-7-8-16(13(2)9-12)22-18(23)14(10-20)11-21-17-6-4-3-5-15(17)19/h3-9,11,21H,1-2H3,(H,22,23)/b14-11-. The van der Waals surface area contributed by atoms with E-state index in [0.717, 1.165) is 11.1 Å². The Morgan fingerprint density at radius 3 is 2.57 bits per heavy atom. The Morgan fingerprint density at radius 1 is 1.17 bits per heavy atom. The maximum Gasteiger partial charge on any atom is 0.267 e. The van der Waals surface area contributed by atoms with Crippen molar-refractivity contribution in [2.24, 2.45) is 0 Å². The number of amides is 1. The first kappa shape index (κ1) is 16.6. The molecule has 0 atom stereocenters. The molecular formula is C18H16ClN3O. The molecule has 0 fully saturated rings. The van der Waals surface area contributed by atoms with E-state index in [-0.39, 0.29) is 5.57 Å². The van der Waals surface area contributed by atoms with Crippen LogP contribution in [0.2, 0.25) is 5.02 Å². The van der Waals surface area contributed by atoms with Gasteiger partial charge in [-0.3, -0.25) is 4.79 Å². The molecule has 23 heavy (non-hydrogen) atoms. The number of nitriles is 1. The van der Waals surface area contributed by atoms with Crippen molar-refractivity contribution in [3.8, 4) is 6.07 Å². The lowest BCUT2D eigenvalue weighted by Gasteiger charge is -2.09. The van der Waals surface area contributed by atoms with E-state index in [1.54, 1.807) is 18.2 Å². The molecule has 0 aliphatic rings. The molecule has 0 saturated heterocycles. The first-order chi connectivity index (χ1) is 11.0. The van der Waals surface area contributed by atoms with Crippen molar-refractivity contribution in [2.45, 2.75) is 13.8 Å². The molecule has 0 aliphatic heterocycles. The van der Waals surface area contributed by atoms with Gasteiger partial charge in [0.2, 0.25) is 0 Å². The van der Waals surface area contributed by atoms with Gasteiger partial charge >= 0.3 is 0 Å². The molecule has 0 heterocycles. The molecule has 0 saturated carbocycles. The number of rotatable bonds is 4. The van der Waals surface area contributed by atoms with E-state index in [1.807, 2.05) is 44.2 Å². The number of halogens is 1. The molecule has 0 aromatic heterocycles. The molecule has 0 unspecified atom stereocenters. The van der Waals surface area contributed by atoms with E-state index in [1.165, 1.54) is 6.20 Å². The van der Waals surface area contributed by atoms with E-state index in [0.29, 0.717) is 16.4 Å². The van der Waals surface area contributed by atoms with E-state index >= 15 is 0 Å². The summed E-state index contributed by atoms with van der Waals surface area (Å²) in [5.41, 5.74) is 3.32. The highest BCUT2D eigenvalue weighted by Crippen LogP contribution is 2.21. The predicted octanol–water partition coefficient (Wildman–Crippen LogP) is 4.41. The highest BCUT2D eigenvalue weighted by Gasteiger charge is 2.11. The Bertz CT molecular complexity index is 806. The largest absolute Gasteiger partial charge is 0.359 e. The van der Waals surface area contributed by atoms with Crippen molar-refractivity contribution in [1.29, 1.82) is 5.26 Å². The van der Waals surface area contributed by atoms with Gasteiger partial charge < -0.3 is 10.6 Å². The van der Waals surface area contributed by atoms with Gasteiger partial charge in [0.15, 0.2) is 0 Å². The molecule has 0 radical (unpaired) electrons. The highest BCUT2D eigenvalue weighted by molar-refractivity contribution is 6.33. The monoisotopic (exact) mass is 325 g/mol. The van der Waals surface area contributed by atoms with Gasteiger partial charge in [0, 0.05) is 11.9 Å². The van der Waals surface area contributed by atoms with E-state index in [2.05, 4.69) is 10.6 Å². The normalized spacial score (nSPS) is 10.8. The number of aryl methyl sites for hydroxylation is 2. The molecule has 4 nitrogen and oxygen atoms in total. The summed E-state index contributed by atoms with van der Waals surface area (Å²) in [7, 11) is 0. The van der Waals surface area contributed by atoms with E-state index < -0.39 is 5.91 Å². The third-order valence-corrected chi connectivity index (χ3v) is 3.57. The van der Waals surface area contributed by atoms with Gasteiger partial charge in [0.25, 0.3) is 5.91 Å². The fourth-order valence-corrected chi connectivity index (χ4v) is 2.21. The average Bonchev–Trinajstić information content (AvgIpc) is 2.52. The Morgan fingerprint density at radius 2 is 1.91 bits per heavy atom. The van der Waals surface area contributed by atoms with Crippen molar-refractivity contribution in [3.63, 3.8) is 0 Å². The Balaban J connectivity index is 2.14. The Kier molecular flexibility index (Phi) is 5.40. The number of nitrogens with one attached hydrogen (secondary N) is 2. The average molecular weight is 326 g/mol. The van der Waals surface area contributed by atoms with Crippen molar-refractivity contribution in [2.75, 3.05) is 10.6 Å². The zero-order chi connectivity index (χ0) is 16.8. The Labute approximate surface area is 140 Å². The number of carbonyl (C=O) groups is 1. The van der Waals surface area contributed by atoms with Crippen LogP contribution < -0.4 is 10.6 Å². The summed E-state index contributed by atoms with van der Waals surface area (Å²) >= 11 is 6.02. The molecule has 116 valence electrons. The van der Waals surface area contributed by atoms with Crippen LogP contribution in [0.4, 0.5) is 11.4 Å². The third kappa shape index (κ3) is 4.35. The van der Waals surface area contributed by atoms with Crippen LogP contribution >= 0.6 is 11.6 Å². The number of nitrogens with zero attached hydrogens (tertiary/aromatic N) is 1. The summed E-state index contributed by atoms with van der Waals surface area (Å²) in [5.74, 6) is -0.473. The van der Waals surface area contributed by atoms with Crippen molar-refractivity contribution < 1.29 is 4.79 Å². The summed E-state index contributed by atoms with van der Waals surface area (Å²) in [4.78, 5) is 12.2. The van der Waals surface area contributed by atoms with Crippen molar-refractivity contribution >= 4 is 28.9 Å². The fourth-order valence-electron chi connectivity index (χ4n) is 2.02. The summed E-state index contributed by atoms with van der Waals surface area (Å²) in [5, 5.41) is 15.3. The molecule has 2 N–H and O–H groups in total. The molecule has 5 heteroatoms. The first-order valence-electron chi connectivity index (χ1n) is 7.01. The second-order valence-corrected chi connectivity index (χ2v) is 5.47. The molecule has 0 aliphatic carbocycles. The van der Waals surface area contributed by atoms with Crippen LogP contribution in [-0.2, 0) is 4.79 Å². The lowest BCUT2D eigenvalue weighted by atomic mass is 10.1. The number of benzene rings is 2. The fraction of sp³-hybridized carbons (Fsp3) is 0.111. The van der Waals surface area contributed by atoms with Crippen molar-refractivity contribution in [1.82, 2.24) is 0 Å². The van der Waals surface area contributed by atoms with Gasteiger partial charge in [-0.1, -0.05) is 41.4 Å². The molecule has 0 bridgehead atoms. The maximum atomic E-state index is 12.2. The third-order valence-electron chi connectivity index (χ3n) is 3.24. The summed E-state index contributed by atoms with van der Waals surface area (Å²) in [6.07, 6.45) is 1.35. The maximum absolute atomic E-state index is 12.2. The predicted molar refractivity (Wildman–Crippen MR) is 93.3 cm³/mol. The number of anilines is 2. The van der Waals surface area contributed by atoms with Crippen LogP contribution in [0.5, 0.6) is 0 Å². The molecule has 2 rings (SSSR count). The zero-order valence-electron chi connectivity index (χ0n) is 12.9. The molecule has 0 spiro atoms. The molecule has 2 aromatic carbocycles. The zero-order valence-corrected chi connectivity index (χ0v) is 13.6. The first-order valence-corrected chi connectivity index (χ1v) is 7.39. The smallest absolute Gasteiger partial charge is 0.267 e. The van der Waals surface area contributed by atoms with Crippen LogP contribution in [0.25, 0.3) is 0 Å². The van der Waals surface area contributed by atoms with E-state index in [9.17, 15) is 10.1 Å². The van der Waals surface area contributed by atoms with Crippen LogP contribution in [0.1, 0.15) is 11.1 Å². The van der Waals surface area contributed by atoms with Gasteiger partial charge in [0.1, 0.15) is 11.6 Å². The SMILES string of the molecule is Cc1ccc(NC(=O)/C(C#N)=C\Nc2ccccc2Cl)c(C)c1. The van der Waals surface area contributed by atoms with Gasteiger partial charge in [-0.15, -0.1) is 0 Å². The number of hydrogen-bond donors (Lipinski definition) is 2. The highest BCUT2D eigenvalue weighted by atomic mass is 35.5. The minimum Gasteiger partial charge on any atom is -0.359 e. The Hall–Kier alpha value is -2.77. The van der Waals surface area contributed by atoms with Crippen LogP contribution in [0.15, 0.2) is 54.2 Å². The number of hydrogen-bond acceptors (Lipinski definition) is 3. The van der Waals surface area contributed by atoms with Gasteiger partial charge in [0.05, 0.1) is 10.7 Å². The number of para-hydroxylation sites is 1. The van der Waals surface area contributed by atoms with Gasteiger partial charge in [-0.2, -0.15) is 5.26 Å². The molecular weight excluding hydrogens is 310 g/mol. The van der Waals surface area contributed by atoms with Gasteiger partial charge in [-0.05, 0) is 37.6 Å². The lowest BCUT2D eigenvalue weighted by Crippen LogP contribution is -2.15. The minimum absolute atomic E-state index is 0.0371. The quantitative estimate of drug-likeness (QED) is 0.646. The summed E-state index contributed by atoms with van der Waals surface area (Å²) in [6.45, 7) is 3.88. The summed E-state index contributed by atoms with van der Waals surface area (Å²) < 4.78 is 0. The van der Waals surface area contributed by atoms with Crippen LogP contribution in [0.3, 0.4) is 0 Å². The summed E-state index contributed by atoms with van der Waals surface area (Å²) in [6, 6.07) is 14.7. The second kappa shape index (κ2) is 7.48. The lowest BCUT2D eigenvalue weighted by molar-refractivity contribution is -0.112. The number of carbonyl (C=O) groups excluding carboxylic acids is 1. The van der Waals surface area contributed by atoms with Gasteiger partial charge in [-0.25, -0.2) is 0 Å². The molecule has 1 amide bonds.